The summed E-state index contributed by atoms with van der Waals surface area (Å²) in [5.74, 6) is -1.02. The molecule has 1 aromatic heterocycles. The molecule has 1 fully saturated rings. The molecule has 1 atom stereocenters. The predicted octanol–water partition coefficient (Wildman–Crippen LogP) is -0.530. The van der Waals surface area contributed by atoms with E-state index < -0.39 is 18.0 Å². The third kappa shape index (κ3) is 2.57. The van der Waals surface area contributed by atoms with Gasteiger partial charge in [-0.3, -0.25) is 4.79 Å². The van der Waals surface area contributed by atoms with Gasteiger partial charge in [0, 0.05) is 18.3 Å². The number of hydrogen-bond acceptors (Lipinski definition) is 5. The van der Waals surface area contributed by atoms with Gasteiger partial charge in [0.05, 0.1) is 13.2 Å². The van der Waals surface area contributed by atoms with Crippen LogP contribution in [0.25, 0.3) is 0 Å². The highest BCUT2D eigenvalue weighted by Gasteiger charge is 2.27. The number of carboxylic acid groups (broad SMARTS) is 1. The topological polar surface area (TPSA) is 106 Å². The molecule has 1 aliphatic heterocycles. The normalized spacial score (nSPS) is 19.6. The minimum Gasteiger partial charge on any atom is -0.479 e. The highest BCUT2D eigenvalue weighted by molar-refractivity contribution is 5.93. The lowest BCUT2D eigenvalue weighted by molar-refractivity contribution is -0.150. The lowest BCUT2D eigenvalue weighted by atomic mass is 10.2. The number of aromatic nitrogens is 1. The van der Waals surface area contributed by atoms with E-state index >= 15 is 0 Å². The fourth-order valence-electron chi connectivity index (χ4n) is 1.75. The van der Waals surface area contributed by atoms with Gasteiger partial charge in [0.15, 0.2) is 6.10 Å². The summed E-state index contributed by atoms with van der Waals surface area (Å²) in [6.45, 7) is 1.03. The van der Waals surface area contributed by atoms with Crippen LogP contribution in [0.1, 0.15) is 10.4 Å². The van der Waals surface area contributed by atoms with Gasteiger partial charge in [-0.1, -0.05) is 0 Å². The Bertz CT molecular complexity index is 477. The molecule has 1 aromatic rings. The summed E-state index contributed by atoms with van der Waals surface area (Å²) in [4.78, 5) is 27.8. The Kier molecular flexibility index (Phi) is 3.42. The van der Waals surface area contributed by atoms with E-state index in [-0.39, 0.29) is 6.54 Å². The van der Waals surface area contributed by atoms with Crippen molar-refractivity contribution in [2.45, 2.75) is 6.10 Å². The first kappa shape index (κ1) is 12.3. The Labute approximate surface area is 103 Å². The third-order valence-electron chi connectivity index (χ3n) is 2.70. The van der Waals surface area contributed by atoms with E-state index in [1.165, 1.54) is 12.3 Å². The first-order chi connectivity index (χ1) is 8.58. The van der Waals surface area contributed by atoms with Crippen LogP contribution in [0.15, 0.2) is 18.3 Å². The quantitative estimate of drug-likeness (QED) is 0.748. The van der Waals surface area contributed by atoms with Gasteiger partial charge in [-0.05, 0) is 12.1 Å². The zero-order chi connectivity index (χ0) is 13.1. The third-order valence-corrected chi connectivity index (χ3v) is 2.70. The number of primary amides is 1. The van der Waals surface area contributed by atoms with E-state index in [0.29, 0.717) is 24.5 Å². The van der Waals surface area contributed by atoms with Crippen molar-refractivity contribution in [1.82, 2.24) is 4.98 Å². The van der Waals surface area contributed by atoms with Gasteiger partial charge in [-0.15, -0.1) is 0 Å². The summed E-state index contributed by atoms with van der Waals surface area (Å²) in [6, 6.07) is 3.06. The van der Waals surface area contributed by atoms with E-state index in [1.807, 2.05) is 0 Å². The smallest absolute Gasteiger partial charge is 0.334 e. The summed E-state index contributed by atoms with van der Waals surface area (Å²) >= 11 is 0. The van der Waals surface area contributed by atoms with Crippen LogP contribution < -0.4 is 10.6 Å². The van der Waals surface area contributed by atoms with Crippen LogP contribution in [0, 0.1) is 0 Å². The maximum atomic E-state index is 11.1. The number of anilines is 1. The van der Waals surface area contributed by atoms with Crippen molar-refractivity contribution in [2.24, 2.45) is 5.73 Å². The number of ether oxygens (including phenoxy) is 1. The molecule has 0 aromatic carbocycles. The summed E-state index contributed by atoms with van der Waals surface area (Å²) in [6.07, 6.45) is 0.596. The van der Waals surface area contributed by atoms with Crippen LogP contribution in [-0.4, -0.2) is 47.8 Å². The van der Waals surface area contributed by atoms with Gasteiger partial charge in [0.2, 0.25) is 5.91 Å². The number of amides is 1. The lowest BCUT2D eigenvalue weighted by Gasteiger charge is -2.31. The number of morpholine rings is 1. The Morgan fingerprint density at radius 1 is 1.56 bits per heavy atom. The van der Waals surface area contributed by atoms with Crippen molar-refractivity contribution in [1.29, 1.82) is 0 Å². The molecule has 0 bridgehead atoms. The van der Waals surface area contributed by atoms with Gasteiger partial charge in [-0.2, -0.15) is 0 Å². The molecule has 1 amide bonds. The molecule has 0 aliphatic carbocycles. The van der Waals surface area contributed by atoms with E-state index in [4.69, 9.17) is 15.6 Å². The number of rotatable bonds is 3. The lowest BCUT2D eigenvalue weighted by Crippen LogP contribution is -2.46. The van der Waals surface area contributed by atoms with E-state index in [0.717, 1.165) is 0 Å². The van der Waals surface area contributed by atoms with Gasteiger partial charge < -0.3 is 20.5 Å². The van der Waals surface area contributed by atoms with Crippen LogP contribution >= 0.6 is 0 Å². The molecular formula is C11H13N3O4. The maximum Gasteiger partial charge on any atom is 0.334 e. The van der Waals surface area contributed by atoms with Gasteiger partial charge in [-0.25, -0.2) is 9.78 Å². The molecule has 2 rings (SSSR count). The van der Waals surface area contributed by atoms with Crippen molar-refractivity contribution in [2.75, 3.05) is 24.6 Å². The summed E-state index contributed by atoms with van der Waals surface area (Å²) in [5, 5.41) is 8.90. The maximum absolute atomic E-state index is 11.1. The second kappa shape index (κ2) is 5.01. The second-order valence-corrected chi connectivity index (χ2v) is 3.91. The highest BCUT2D eigenvalue weighted by Crippen LogP contribution is 2.16. The zero-order valence-electron chi connectivity index (χ0n) is 9.57. The number of carbonyl (C=O) groups excluding carboxylic acids is 1. The first-order valence-corrected chi connectivity index (χ1v) is 5.43. The number of nitrogens with zero attached hydrogens (tertiary/aromatic N) is 2. The molecule has 2 heterocycles. The SMILES string of the molecule is NC(=O)c1ccnc(N2CCOC(C(=O)O)C2)c1. The summed E-state index contributed by atoms with van der Waals surface area (Å²) in [7, 11) is 0. The fourth-order valence-corrected chi connectivity index (χ4v) is 1.75. The van der Waals surface area contributed by atoms with Crippen LogP contribution in [-0.2, 0) is 9.53 Å². The van der Waals surface area contributed by atoms with Crippen LogP contribution in [0.4, 0.5) is 5.82 Å². The average molecular weight is 251 g/mol. The van der Waals surface area contributed by atoms with E-state index in [2.05, 4.69) is 4.98 Å². The van der Waals surface area contributed by atoms with Crippen molar-refractivity contribution in [3.05, 3.63) is 23.9 Å². The Hall–Kier alpha value is -2.15. The van der Waals surface area contributed by atoms with Crippen molar-refractivity contribution in [3.63, 3.8) is 0 Å². The molecule has 0 saturated carbocycles. The van der Waals surface area contributed by atoms with Crippen LogP contribution in [0.2, 0.25) is 0 Å². The number of pyridine rings is 1. The zero-order valence-corrected chi connectivity index (χ0v) is 9.57. The van der Waals surface area contributed by atoms with Crippen molar-refractivity contribution < 1.29 is 19.4 Å². The summed E-state index contributed by atoms with van der Waals surface area (Å²) in [5.41, 5.74) is 5.53. The molecule has 3 N–H and O–H groups in total. The number of carbonyl (C=O) groups is 2. The molecule has 7 nitrogen and oxygen atoms in total. The summed E-state index contributed by atoms with van der Waals surface area (Å²) < 4.78 is 5.11. The number of hydrogen-bond donors (Lipinski definition) is 2. The molecule has 0 spiro atoms. The van der Waals surface area contributed by atoms with Crippen molar-refractivity contribution in [3.8, 4) is 0 Å². The number of carboxylic acids is 1. The van der Waals surface area contributed by atoms with Crippen LogP contribution in [0.5, 0.6) is 0 Å². The Balaban J connectivity index is 2.18. The number of nitrogens with two attached hydrogens (primary N) is 1. The Morgan fingerprint density at radius 2 is 2.33 bits per heavy atom. The standard InChI is InChI=1S/C11H13N3O4/c12-10(15)7-1-2-13-9(5-7)14-3-4-18-8(6-14)11(16)17/h1-2,5,8H,3-4,6H2,(H2,12,15)(H,16,17). The van der Waals surface area contributed by atoms with E-state index in [1.54, 1.807) is 11.0 Å². The molecule has 0 radical (unpaired) electrons. The minimum atomic E-state index is -1.01. The average Bonchev–Trinajstić information content (AvgIpc) is 2.39. The molecule has 96 valence electrons. The van der Waals surface area contributed by atoms with Gasteiger partial charge >= 0.3 is 5.97 Å². The molecular weight excluding hydrogens is 238 g/mol. The largest absolute Gasteiger partial charge is 0.479 e. The van der Waals surface area contributed by atoms with Crippen molar-refractivity contribution >= 4 is 17.7 Å². The highest BCUT2D eigenvalue weighted by atomic mass is 16.5. The molecule has 1 saturated heterocycles. The molecule has 1 unspecified atom stereocenters. The first-order valence-electron chi connectivity index (χ1n) is 5.43. The van der Waals surface area contributed by atoms with Gasteiger partial charge in [0.1, 0.15) is 5.82 Å². The molecule has 18 heavy (non-hydrogen) atoms. The van der Waals surface area contributed by atoms with E-state index in [9.17, 15) is 9.59 Å². The van der Waals surface area contributed by atoms with Gasteiger partial charge in [0.25, 0.3) is 0 Å². The second-order valence-electron chi connectivity index (χ2n) is 3.91. The minimum absolute atomic E-state index is 0.199. The fraction of sp³-hybridized carbons (Fsp3) is 0.364. The number of aliphatic carboxylic acids is 1. The monoisotopic (exact) mass is 251 g/mol. The predicted molar refractivity (Wildman–Crippen MR) is 62.3 cm³/mol. The molecule has 1 aliphatic rings. The Morgan fingerprint density at radius 3 is 3.00 bits per heavy atom. The van der Waals surface area contributed by atoms with Crippen LogP contribution in [0.3, 0.4) is 0 Å². The molecule has 7 heteroatoms.